The Morgan fingerprint density at radius 2 is 1.81 bits per heavy atom. The Morgan fingerprint density at radius 1 is 1.03 bits per heavy atom. The van der Waals surface area contributed by atoms with Gasteiger partial charge in [-0.2, -0.15) is 0 Å². The molecule has 0 spiro atoms. The van der Waals surface area contributed by atoms with Crippen molar-refractivity contribution in [1.29, 1.82) is 0 Å². The van der Waals surface area contributed by atoms with Gasteiger partial charge in [0, 0.05) is 30.3 Å². The molecular formula is C23H24N4O4S. The van der Waals surface area contributed by atoms with E-state index >= 15 is 0 Å². The third-order valence-electron chi connectivity index (χ3n) is 5.24. The maximum absolute atomic E-state index is 13.3. The van der Waals surface area contributed by atoms with Crippen LogP contribution in [0.1, 0.15) is 21.6 Å². The Bertz CT molecular complexity index is 1150. The number of carbonyl (C=O) groups is 1. The minimum atomic E-state index is -0.180. The van der Waals surface area contributed by atoms with E-state index in [4.69, 9.17) is 19.9 Å². The molecule has 4 rings (SSSR count). The van der Waals surface area contributed by atoms with Crippen molar-refractivity contribution in [1.82, 2.24) is 14.9 Å². The van der Waals surface area contributed by atoms with Gasteiger partial charge in [0.1, 0.15) is 28.0 Å². The molecule has 2 N–H and O–H groups in total. The predicted molar refractivity (Wildman–Crippen MR) is 122 cm³/mol. The van der Waals surface area contributed by atoms with E-state index in [1.807, 2.05) is 36.4 Å². The number of aromatic nitrogens is 2. The SMILES string of the molecule is COc1ccc(CN2CCc3c(Sc4ccccc4OC)nc(N)nc3C2=O)c(OC)c1. The van der Waals surface area contributed by atoms with Crippen LogP contribution in [-0.2, 0) is 13.0 Å². The normalized spacial score (nSPS) is 13.0. The second-order valence-corrected chi connectivity index (χ2v) is 8.15. The average Bonchev–Trinajstić information content (AvgIpc) is 2.81. The van der Waals surface area contributed by atoms with Gasteiger partial charge in [-0.25, -0.2) is 9.97 Å². The van der Waals surface area contributed by atoms with E-state index in [0.717, 1.165) is 21.8 Å². The number of hydrogen-bond donors (Lipinski definition) is 1. The molecule has 166 valence electrons. The Hall–Kier alpha value is -3.46. The van der Waals surface area contributed by atoms with Gasteiger partial charge in [-0.3, -0.25) is 4.79 Å². The molecule has 2 heterocycles. The number of nitrogens with zero attached hydrogens (tertiary/aromatic N) is 3. The van der Waals surface area contributed by atoms with Gasteiger partial charge in [0.25, 0.3) is 5.91 Å². The molecule has 0 aliphatic carbocycles. The number of rotatable bonds is 7. The molecule has 0 saturated heterocycles. The molecular weight excluding hydrogens is 428 g/mol. The van der Waals surface area contributed by atoms with Gasteiger partial charge >= 0.3 is 0 Å². The van der Waals surface area contributed by atoms with Gasteiger partial charge in [-0.1, -0.05) is 23.9 Å². The number of ether oxygens (including phenoxy) is 3. The largest absolute Gasteiger partial charge is 0.497 e. The highest BCUT2D eigenvalue weighted by Crippen LogP contribution is 2.38. The highest BCUT2D eigenvalue weighted by molar-refractivity contribution is 7.99. The highest BCUT2D eigenvalue weighted by atomic mass is 32.2. The van der Waals surface area contributed by atoms with Crippen LogP contribution >= 0.6 is 11.8 Å². The van der Waals surface area contributed by atoms with Gasteiger partial charge in [-0.05, 0) is 30.7 Å². The summed E-state index contributed by atoms with van der Waals surface area (Å²) in [4.78, 5) is 24.6. The first-order valence-electron chi connectivity index (χ1n) is 10.0. The van der Waals surface area contributed by atoms with E-state index in [0.29, 0.717) is 41.7 Å². The Balaban J connectivity index is 1.63. The van der Waals surface area contributed by atoms with Gasteiger partial charge in [0.05, 0.1) is 26.2 Å². The van der Waals surface area contributed by atoms with Crippen LogP contribution in [0.2, 0.25) is 0 Å². The molecule has 0 unspecified atom stereocenters. The van der Waals surface area contributed by atoms with Crippen molar-refractivity contribution in [3.05, 3.63) is 59.3 Å². The average molecular weight is 453 g/mol. The number of methoxy groups -OCH3 is 3. The van der Waals surface area contributed by atoms with Crippen LogP contribution in [0, 0.1) is 0 Å². The molecule has 9 heteroatoms. The second kappa shape index (κ2) is 9.35. The first-order chi connectivity index (χ1) is 15.5. The fourth-order valence-electron chi connectivity index (χ4n) is 3.61. The van der Waals surface area contributed by atoms with Crippen molar-refractivity contribution in [3.63, 3.8) is 0 Å². The lowest BCUT2D eigenvalue weighted by Gasteiger charge is -2.29. The number of para-hydroxylation sites is 1. The zero-order valence-electron chi connectivity index (χ0n) is 18.1. The topological polar surface area (TPSA) is 99.8 Å². The summed E-state index contributed by atoms with van der Waals surface area (Å²) in [5, 5.41) is 0.673. The fraction of sp³-hybridized carbons (Fsp3) is 0.261. The van der Waals surface area contributed by atoms with E-state index in [1.54, 1.807) is 32.3 Å². The minimum Gasteiger partial charge on any atom is -0.497 e. The predicted octanol–water partition coefficient (Wildman–Crippen LogP) is 3.43. The van der Waals surface area contributed by atoms with E-state index < -0.39 is 0 Å². The Morgan fingerprint density at radius 3 is 2.56 bits per heavy atom. The van der Waals surface area contributed by atoms with Gasteiger partial charge in [-0.15, -0.1) is 0 Å². The number of fused-ring (bicyclic) bond motifs is 1. The van der Waals surface area contributed by atoms with Crippen LogP contribution in [0.25, 0.3) is 0 Å². The number of hydrogen-bond acceptors (Lipinski definition) is 8. The lowest BCUT2D eigenvalue weighted by Crippen LogP contribution is -2.38. The molecule has 0 radical (unpaired) electrons. The van der Waals surface area contributed by atoms with Crippen LogP contribution in [0.4, 0.5) is 5.95 Å². The van der Waals surface area contributed by atoms with E-state index in [2.05, 4.69) is 9.97 Å². The van der Waals surface area contributed by atoms with Crippen molar-refractivity contribution in [3.8, 4) is 17.2 Å². The lowest BCUT2D eigenvalue weighted by atomic mass is 10.0. The fourth-order valence-corrected chi connectivity index (χ4v) is 4.68. The standard InChI is InChI=1S/C23H24N4O4S/c1-29-15-9-8-14(18(12-15)31-3)13-27-11-10-16-20(22(27)28)25-23(24)26-21(16)32-19-7-5-4-6-17(19)30-2/h4-9,12H,10-11,13H2,1-3H3,(H2,24,25,26). The van der Waals surface area contributed by atoms with E-state index in [1.165, 1.54) is 11.8 Å². The minimum absolute atomic E-state index is 0.0679. The summed E-state index contributed by atoms with van der Waals surface area (Å²) < 4.78 is 16.2. The molecule has 0 atom stereocenters. The van der Waals surface area contributed by atoms with Crippen molar-refractivity contribution >= 4 is 23.6 Å². The smallest absolute Gasteiger partial charge is 0.273 e. The van der Waals surface area contributed by atoms with E-state index in [9.17, 15) is 4.79 Å². The second-order valence-electron chi connectivity index (χ2n) is 7.12. The van der Waals surface area contributed by atoms with Crippen molar-refractivity contribution in [2.24, 2.45) is 0 Å². The van der Waals surface area contributed by atoms with Crippen molar-refractivity contribution in [2.45, 2.75) is 22.9 Å². The quantitative estimate of drug-likeness (QED) is 0.544. The summed E-state index contributed by atoms with van der Waals surface area (Å²) in [6, 6.07) is 13.2. The molecule has 1 aromatic heterocycles. The zero-order chi connectivity index (χ0) is 22.7. The summed E-state index contributed by atoms with van der Waals surface area (Å²) in [6.07, 6.45) is 0.622. The third-order valence-corrected chi connectivity index (χ3v) is 6.33. The summed E-state index contributed by atoms with van der Waals surface area (Å²) in [5.41, 5.74) is 8.00. The van der Waals surface area contributed by atoms with Crippen LogP contribution in [-0.4, -0.2) is 48.6 Å². The Labute approximate surface area is 190 Å². The monoisotopic (exact) mass is 452 g/mol. The molecule has 3 aromatic rings. The van der Waals surface area contributed by atoms with Crippen molar-refractivity contribution in [2.75, 3.05) is 33.6 Å². The van der Waals surface area contributed by atoms with Gasteiger partial charge in [0.2, 0.25) is 5.95 Å². The molecule has 2 aromatic carbocycles. The molecule has 1 amide bonds. The number of anilines is 1. The number of carbonyl (C=O) groups excluding carboxylic acids is 1. The zero-order valence-corrected chi connectivity index (χ0v) is 18.9. The van der Waals surface area contributed by atoms with Gasteiger partial charge < -0.3 is 24.8 Å². The van der Waals surface area contributed by atoms with Crippen LogP contribution in [0.5, 0.6) is 17.2 Å². The Kier molecular flexibility index (Phi) is 6.36. The summed E-state index contributed by atoms with van der Waals surface area (Å²) >= 11 is 1.42. The maximum atomic E-state index is 13.3. The maximum Gasteiger partial charge on any atom is 0.273 e. The van der Waals surface area contributed by atoms with Crippen LogP contribution in [0.3, 0.4) is 0 Å². The van der Waals surface area contributed by atoms with Gasteiger partial charge in [0.15, 0.2) is 0 Å². The molecule has 1 aliphatic heterocycles. The molecule has 1 aliphatic rings. The molecule has 8 nitrogen and oxygen atoms in total. The number of benzene rings is 2. The lowest BCUT2D eigenvalue weighted by molar-refractivity contribution is 0.0717. The van der Waals surface area contributed by atoms with E-state index in [-0.39, 0.29) is 11.9 Å². The molecule has 0 fully saturated rings. The number of nitrogen functional groups attached to an aromatic ring is 1. The molecule has 0 saturated carbocycles. The van der Waals surface area contributed by atoms with Crippen LogP contribution < -0.4 is 19.9 Å². The third kappa shape index (κ3) is 4.29. The summed E-state index contributed by atoms with van der Waals surface area (Å²) in [6.45, 7) is 0.929. The molecule has 32 heavy (non-hydrogen) atoms. The highest BCUT2D eigenvalue weighted by Gasteiger charge is 2.30. The van der Waals surface area contributed by atoms with Crippen LogP contribution in [0.15, 0.2) is 52.4 Å². The first kappa shape index (κ1) is 21.8. The number of nitrogens with two attached hydrogens (primary N) is 1. The number of amides is 1. The molecule has 0 bridgehead atoms. The summed E-state index contributed by atoms with van der Waals surface area (Å²) in [5.74, 6) is 1.98. The summed E-state index contributed by atoms with van der Waals surface area (Å²) in [7, 11) is 4.82. The van der Waals surface area contributed by atoms with Crippen molar-refractivity contribution < 1.29 is 19.0 Å². The first-order valence-corrected chi connectivity index (χ1v) is 10.8.